The van der Waals surface area contributed by atoms with Crippen LogP contribution < -0.4 is 11.1 Å². The van der Waals surface area contributed by atoms with E-state index in [1.54, 1.807) is 4.90 Å². The number of ether oxygens (including phenoxy) is 1. The maximum absolute atomic E-state index is 11.8. The maximum Gasteiger partial charge on any atom is 0.248 e. The first-order valence-electron chi connectivity index (χ1n) is 7.38. The molecule has 0 aliphatic carbocycles. The first-order chi connectivity index (χ1) is 9.56. The fraction of sp³-hybridized carbons (Fsp3) is 0.857. The summed E-state index contributed by atoms with van der Waals surface area (Å²) >= 11 is 0. The number of carbonyl (C=O) groups excluding carboxylic acids is 2. The van der Waals surface area contributed by atoms with Gasteiger partial charge in [0, 0.05) is 38.7 Å². The quantitative estimate of drug-likeness (QED) is 0.702. The summed E-state index contributed by atoms with van der Waals surface area (Å²) in [6.45, 7) is 3.54. The van der Waals surface area contributed by atoms with Gasteiger partial charge in [0.2, 0.25) is 11.8 Å². The molecule has 0 spiro atoms. The van der Waals surface area contributed by atoms with Gasteiger partial charge in [-0.15, -0.1) is 0 Å². The predicted octanol–water partition coefficient (Wildman–Crippen LogP) is 0.258. The standard InChI is InChI=1S/C14H27N3O3/c1-3-4-11(15)9-13(18)16-12-5-7-17(8-6-12)14(19)10-20-2/h11-12H,3-10,15H2,1-2H3,(H,16,18). The number of rotatable bonds is 7. The lowest BCUT2D eigenvalue weighted by Gasteiger charge is -2.32. The van der Waals surface area contributed by atoms with Gasteiger partial charge in [-0.3, -0.25) is 9.59 Å². The second-order valence-corrected chi connectivity index (χ2v) is 5.41. The fourth-order valence-corrected chi connectivity index (χ4v) is 2.49. The molecule has 1 rings (SSSR count). The van der Waals surface area contributed by atoms with Crippen LogP contribution in [0.2, 0.25) is 0 Å². The molecule has 1 atom stereocenters. The normalized spacial score (nSPS) is 17.9. The minimum Gasteiger partial charge on any atom is -0.375 e. The summed E-state index contributed by atoms with van der Waals surface area (Å²) < 4.78 is 4.84. The molecule has 1 aliphatic heterocycles. The zero-order valence-electron chi connectivity index (χ0n) is 12.6. The van der Waals surface area contributed by atoms with Crippen LogP contribution in [0.25, 0.3) is 0 Å². The van der Waals surface area contributed by atoms with Gasteiger partial charge in [0.15, 0.2) is 0 Å². The number of hydrogen-bond acceptors (Lipinski definition) is 4. The van der Waals surface area contributed by atoms with Crippen LogP contribution in [0.1, 0.15) is 39.0 Å². The van der Waals surface area contributed by atoms with Crippen LogP contribution in [-0.4, -0.2) is 55.6 Å². The Kier molecular flexibility index (Phi) is 7.54. The molecule has 20 heavy (non-hydrogen) atoms. The lowest BCUT2D eigenvalue weighted by Crippen LogP contribution is -2.48. The molecular weight excluding hydrogens is 258 g/mol. The van der Waals surface area contributed by atoms with Gasteiger partial charge in [0.1, 0.15) is 6.61 Å². The topological polar surface area (TPSA) is 84.7 Å². The highest BCUT2D eigenvalue weighted by molar-refractivity contribution is 5.78. The molecule has 1 heterocycles. The number of amides is 2. The van der Waals surface area contributed by atoms with E-state index in [9.17, 15) is 9.59 Å². The molecule has 6 nitrogen and oxygen atoms in total. The van der Waals surface area contributed by atoms with E-state index >= 15 is 0 Å². The van der Waals surface area contributed by atoms with Crippen molar-refractivity contribution in [3.63, 3.8) is 0 Å². The van der Waals surface area contributed by atoms with Crippen LogP contribution in [0, 0.1) is 0 Å². The minimum atomic E-state index is -0.0524. The number of nitrogens with one attached hydrogen (secondary N) is 1. The molecule has 1 saturated heterocycles. The molecule has 0 aromatic heterocycles. The average molecular weight is 285 g/mol. The summed E-state index contributed by atoms with van der Waals surface area (Å²) in [5.74, 6) is 0.0369. The molecule has 6 heteroatoms. The molecular formula is C14H27N3O3. The van der Waals surface area contributed by atoms with Gasteiger partial charge in [0.05, 0.1) is 0 Å². The summed E-state index contributed by atoms with van der Waals surface area (Å²) in [4.78, 5) is 25.3. The third-order valence-electron chi connectivity index (χ3n) is 3.59. The van der Waals surface area contributed by atoms with E-state index < -0.39 is 0 Å². The van der Waals surface area contributed by atoms with Crippen molar-refractivity contribution in [1.82, 2.24) is 10.2 Å². The third-order valence-corrected chi connectivity index (χ3v) is 3.59. The summed E-state index contributed by atoms with van der Waals surface area (Å²) in [5.41, 5.74) is 5.86. The zero-order chi connectivity index (χ0) is 15.0. The van der Waals surface area contributed by atoms with Crippen LogP contribution in [0.3, 0.4) is 0 Å². The maximum atomic E-state index is 11.8. The fourth-order valence-electron chi connectivity index (χ4n) is 2.49. The van der Waals surface area contributed by atoms with Crippen molar-refractivity contribution in [3.8, 4) is 0 Å². The Morgan fingerprint density at radius 2 is 2.05 bits per heavy atom. The van der Waals surface area contributed by atoms with E-state index in [0.29, 0.717) is 19.5 Å². The third kappa shape index (κ3) is 5.88. The van der Waals surface area contributed by atoms with Gasteiger partial charge in [-0.25, -0.2) is 0 Å². The van der Waals surface area contributed by atoms with Gasteiger partial charge >= 0.3 is 0 Å². The van der Waals surface area contributed by atoms with Crippen LogP contribution in [0.5, 0.6) is 0 Å². The van der Waals surface area contributed by atoms with Crippen LogP contribution >= 0.6 is 0 Å². The number of carbonyl (C=O) groups is 2. The Labute approximate surface area is 121 Å². The molecule has 1 aliphatic rings. The van der Waals surface area contributed by atoms with Gasteiger partial charge in [0.25, 0.3) is 0 Å². The molecule has 0 saturated carbocycles. The summed E-state index contributed by atoms with van der Waals surface area (Å²) in [6.07, 6.45) is 3.84. The first-order valence-corrected chi connectivity index (χ1v) is 7.38. The highest BCUT2D eigenvalue weighted by Crippen LogP contribution is 2.11. The van der Waals surface area contributed by atoms with E-state index in [-0.39, 0.29) is 30.5 Å². The molecule has 1 fully saturated rings. The predicted molar refractivity (Wildman–Crippen MR) is 77.1 cm³/mol. The Bertz CT molecular complexity index is 315. The number of methoxy groups -OCH3 is 1. The van der Waals surface area contributed by atoms with Crippen LogP contribution in [-0.2, 0) is 14.3 Å². The van der Waals surface area contributed by atoms with Crippen LogP contribution in [0.4, 0.5) is 0 Å². The first kappa shape index (κ1) is 16.9. The number of piperidine rings is 1. The second-order valence-electron chi connectivity index (χ2n) is 5.41. The molecule has 2 amide bonds. The smallest absolute Gasteiger partial charge is 0.248 e. The van der Waals surface area contributed by atoms with E-state index in [4.69, 9.17) is 10.5 Å². The Morgan fingerprint density at radius 3 is 2.60 bits per heavy atom. The van der Waals surface area contributed by atoms with Crippen molar-refractivity contribution in [2.24, 2.45) is 5.73 Å². The van der Waals surface area contributed by atoms with Crippen molar-refractivity contribution in [3.05, 3.63) is 0 Å². The van der Waals surface area contributed by atoms with Crippen molar-refractivity contribution in [2.45, 2.75) is 51.1 Å². The molecule has 116 valence electrons. The molecule has 0 radical (unpaired) electrons. The molecule has 0 bridgehead atoms. The minimum absolute atomic E-state index is 0.0160. The SMILES string of the molecule is CCCC(N)CC(=O)NC1CCN(C(=O)COC)CC1. The molecule has 0 aromatic rings. The van der Waals surface area contributed by atoms with Gasteiger partial charge in [-0.05, 0) is 19.3 Å². The summed E-state index contributed by atoms with van der Waals surface area (Å²) in [5, 5.41) is 3.01. The molecule has 1 unspecified atom stereocenters. The van der Waals surface area contributed by atoms with Crippen molar-refractivity contribution < 1.29 is 14.3 Å². The van der Waals surface area contributed by atoms with Gasteiger partial charge in [-0.1, -0.05) is 13.3 Å². The molecule has 3 N–H and O–H groups in total. The second kappa shape index (κ2) is 8.92. The largest absolute Gasteiger partial charge is 0.375 e. The van der Waals surface area contributed by atoms with E-state index in [0.717, 1.165) is 25.7 Å². The Balaban J connectivity index is 2.25. The van der Waals surface area contributed by atoms with Crippen LogP contribution in [0.15, 0.2) is 0 Å². The van der Waals surface area contributed by atoms with E-state index in [1.807, 2.05) is 0 Å². The van der Waals surface area contributed by atoms with E-state index in [2.05, 4.69) is 12.2 Å². The zero-order valence-corrected chi connectivity index (χ0v) is 12.6. The van der Waals surface area contributed by atoms with Crippen molar-refractivity contribution in [2.75, 3.05) is 26.8 Å². The lowest BCUT2D eigenvalue weighted by molar-refractivity contribution is -0.136. The number of hydrogen-bond donors (Lipinski definition) is 2. The van der Waals surface area contributed by atoms with Gasteiger partial charge < -0.3 is 20.7 Å². The number of nitrogens with zero attached hydrogens (tertiary/aromatic N) is 1. The summed E-state index contributed by atoms with van der Waals surface area (Å²) in [7, 11) is 1.52. The summed E-state index contributed by atoms with van der Waals surface area (Å²) in [6, 6.07) is 0.103. The van der Waals surface area contributed by atoms with Crippen molar-refractivity contribution >= 4 is 11.8 Å². The number of nitrogens with two attached hydrogens (primary N) is 1. The monoisotopic (exact) mass is 285 g/mol. The van der Waals surface area contributed by atoms with Crippen molar-refractivity contribution in [1.29, 1.82) is 0 Å². The van der Waals surface area contributed by atoms with E-state index in [1.165, 1.54) is 7.11 Å². The Hall–Kier alpha value is -1.14. The lowest BCUT2D eigenvalue weighted by atomic mass is 10.0. The highest BCUT2D eigenvalue weighted by Gasteiger charge is 2.23. The number of likely N-dealkylation sites (tertiary alicyclic amines) is 1. The Morgan fingerprint density at radius 1 is 1.40 bits per heavy atom. The molecule has 0 aromatic carbocycles. The average Bonchev–Trinajstić information content (AvgIpc) is 2.39. The van der Waals surface area contributed by atoms with Gasteiger partial charge in [-0.2, -0.15) is 0 Å². The highest BCUT2D eigenvalue weighted by atomic mass is 16.5.